The Hall–Kier alpha value is -4.19. The molecule has 10 nitrogen and oxygen atoms in total. The summed E-state index contributed by atoms with van der Waals surface area (Å²) >= 11 is 0. The molecule has 0 saturated carbocycles. The number of hydrogen-bond acceptors (Lipinski definition) is 7. The Labute approximate surface area is 205 Å². The molecule has 0 fully saturated rings. The molecule has 0 spiro atoms. The molecular weight excluding hydrogens is 470 g/mol. The first-order chi connectivity index (χ1) is 17.3. The third-order valence-corrected chi connectivity index (χ3v) is 5.99. The third-order valence-electron chi connectivity index (χ3n) is 5.99. The maximum atomic E-state index is 13.8. The smallest absolute Gasteiger partial charge is 0.290 e. The number of ether oxygens (including phenoxy) is 1. The van der Waals surface area contributed by atoms with E-state index < -0.39 is 11.6 Å². The number of rotatable bonds is 7. The number of hydrogen-bond donors (Lipinski definition) is 1. The van der Waals surface area contributed by atoms with Crippen molar-refractivity contribution in [1.82, 2.24) is 34.2 Å². The van der Waals surface area contributed by atoms with E-state index in [2.05, 4.69) is 25.4 Å². The van der Waals surface area contributed by atoms with Crippen LogP contribution in [-0.2, 0) is 24.9 Å². The highest BCUT2D eigenvalue weighted by atomic mass is 19.1. The summed E-state index contributed by atoms with van der Waals surface area (Å²) in [5, 5.41) is 7.24. The van der Waals surface area contributed by atoms with E-state index >= 15 is 0 Å². The molecule has 3 aromatic heterocycles. The first-order valence-electron chi connectivity index (χ1n) is 11.2. The van der Waals surface area contributed by atoms with Crippen molar-refractivity contribution < 1.29 is 18.3 Å². The summed E-state index contributed by atoms with van der Waals surface area (Å²) in [6, 6.07) is 4.68. The van der Waals surface area contributed by atoms with Crippen LogP contribution in [0.4, 0.5) is 20.5 Å². The predicted octanol–water partition coefficient (Wildman–Crippen LogP) is 3.07. The molecule has 12 heteroatoms. The molecule has 1 aliphatic heterocycles. The van der Waals surface area contributed by atoms with Gasteiger partial charge < -0.3 is 19.5 Å². The van der Waals surface area contributed by atoms with Gasteiger partial charge in [-0.25, -0.2) is 23.7 Å². The number of carbonyl (C=O) groups excluding carboxylic acids is 1. The number of imidazole rings is 1. The monoisotopic (exact) mass is 494 g/mol. The molecule has 0 radical (unpaired) electrons. The van der Waals surface area contributed by atoms with Crippen LogP contribution in [0.25, 0.3) is 11.4 Å². The Morgan fingerprint density at radius 2 is 1.97 bits per heavy atom. The van der Waals surface area contributed by atoms with Crippen LogP contribution in [-0.4, -0.2) is 59.9 Å². The van der Waals surface area contributed by atoms with Gasteiger partial charge in [0, 0.05) is 51.8 Å². The van der Waals surface area contributed by atoms with Gasteiger partial charge in [0.15, 0.2) is 5.82 Å². The van der Waals surface area contributed by atoms with Crippen molar-refractivity contribution in [3.05, 3.63) is 71.4 Å². The van der Waals surface area contributed by atoms with Crippen LogP contribution in [0.2, 0.25) is 0 Å². The molecule has 4 heterocycles. The minimum atomic E-state index is -0.698. The lowest BCUT2D eigenvalue weighted by Crippen LogP contribution is -2.49. The molecule has 1 aliphatic rings. The summed E-state index contributed by atoms with van der Waals surface area (Å²) in [7, 11) is 3.34. The van der Waals surface area contributed by atoms with Crippen molar-refractivity contribution in [3.8, 4) is 11.4 Å². The van der Waals surface area contributed by atoms with Gasteiger partial charge in [0.2, 0.25) is 5.95 Å². The average Bonchev–Trinajstić information content (AvgIpc) is 3.43. The van der Waals surface area contributed by atoms with E-state index in [1.54, 1.807) is 48.1 Å². The van der Waals surface area contributed by atoms with Crippen molar-refractivity contribution in [1.29, 1.82) is 0 Å². The molecule has 5 rings (SSSR count). The Balaban J connectivity index is 1.47. The van der Waals surface area contributed by atoms with E-state index in [4.69, 9.17) is 4.74 Å². The Bertz CT molecular complexity index is 1410. The molecule has 0 bridgehead atoms. The van der Waals surface area contributed by atoms with Gasteiger partial charge in [0.25, 0.3) is 5.91 Å². The fourth-order valence-corrected chi connectivity index (χ4v) is 4.27. The zero-order valence-electron chi connectivity index (χ0n) is 19.9. The standard InChI is InChI=1S/C24H24F2N8O2/c1-14-9-27-24(30-20-4-5-28-32(20)2)31-21(14)19-12-33-11-18(13-36-3)34(23(35)22(33)29-19)10-15-6-16(25)8-17(26)7-15/h4-9,12,18H,10-11,13H2,1-3H3,(H,27,30,31)/t18-/m1/s1. The van der Waals surface area contributed by atoms with Crippen LogP contribution < -0.4 is 5.32 Å². The average molecular weight is 495 g/mol. The number of aromatic nitrogens is 6. The number of nitrogens with one attached hydrogen (secondary N) is 1. The molecular formula is C24H24F2N8O2. The maximum Gasteiger partial charge on any atom is 0.290 e. The van der Waals surface area contributed by atoms with Gasteiger partial charge in [-0.15, -0.1) is 0 Å². The van der Waals surface area contributed by atoms with Gasteiger partial charge in [0.05, 0.1) is 24.5 Å². The van der Waals surface area contributed by atoms with Crippen molar-refractivity contribution in [2.24, 2.45) is 7.05 Å². The first kappa shape index (κ1) is 23.5. The lowest BCUT2D eigenvalue weighted by molar-refractivity contribution is 0.0379. The highest BCUT2D eigenvalue weighted by molar-refractivity contribution is 5.92. The van der Waals surface area contributed by atoms with E-state index in [0.29, 0.717) is 29.4 Å². The Morgan fingerprint density at radius 1 is 1.19 bits per heavy atom. The molecule has 4 aromatic rings. The summed E-state index contributed by atoms with van der Waals surface area (Å²) in [4.78, 5) is 28.5. The zero-order valence-corrected chi connectivity index (χ0v) is 19.9. The quantitative estimate of drug-likeness (QED) is 0.421. The maximum absolute atomic E-state index is 13.8. The van der Waals surface area contributed by atoms with Crippen LogP contribution >= 0.6 is 0 Å². The van der Waals surface area contributed by atoms with E-state index in [1.807, 2.05) is 6.92 Å². The second-order valence-corrected chi connectivity index (χ2v) is 8.61. The number of anilines is 2. The third kappa shape index (κ3) is 4.54. The lowest BCUT2D eigenvalue weighted by Gasteiger charge is -2.35. The summed E-state index contributed by atoms with van der Waals surface area (Å²) < 4.78 is 36.3. The first-order valence-corrected chi connectivity index (χ1v) is 11.2. The van der Waals surface area contributed by atoms with Gasteiger partial charge >= 0.3 is 0 Å². The Kier molecular flexibility index (Phi) is 6.18. The molecule has 0 unspecified atom stereocenters. The number of fused-ring (bicyclic) bond motifs is 1. The topological polar surface area (TPSA) is 103 Å². The molecule has 186 valence electrons. The minimum Gasteiger partial charge on any atom is -0.382 e. The van der Waals surface area contributed by atoms with E-state index in [9.17, 15) is 13.6 Å². The number of aryl methyl sites for hydroxylation is 2. The van der Waals surface area contributed by atoms with Crippen LogP contribution in [0.5, 0.6) is 0 Å². The fourth-order valence-electron chi connectivity index (χ4n) is 4.27. The van der Waals surface area contributed by atoms with Crippen LogP contribution in [0, 0.1) is 18.6 Å². The highest BCUT2D eigenvalue weighted by Gasteiger charge is 2.35. The van der Waals surface area contributed by atoms with Gasteiger partial charge in [-0.2, -0.15) is 5.10 Å². The summed E-state index contributed by atoms with van der Waals surface area (Å²) in [5.74, 6) is -0.459. The van der Waals surface area contributed by atoms with Gasteiger partial charge in [-0.1, -0.05) is 0 Å². The number of halogens is 2. The van der Waals surface area contributed by atoms with Crippen LogP contribution in [0.3, 0.4) is 0 Å². The SMILES string of the molecule is COC[C@H]1Cn2cc(-c3nc(Nc4ccnn4C)ncc3C)nc2C(=O)N1Cc1cc(F)cc(F)c1. The molecule has 36 heavy (non-hydrogen) atoms. The van der Waals surface area contributed by atoms with Crippen molar-refractivity contribution >= 4 is 17.7 Å². The van der Waals surface area contributed by atoms with E-state index in [0.717, 1.165) is 17.4 Å². The largest absolute Gasteiger partial charge is 0.382 e. The van der Waals surface area contributed by atoms with Crippen molar-refractivity contribution in [3.63, 3.8) is 0 Å². The summed E-state index contributed by atoms with van der Waals surface area (Å²) in [5.41, 5.74) is 2.22. The molecule has 0 aliphatic carbocycles. The van der Waals surface area contributed by atoms with E-state index in [1.165, 1.54) is 17.0 Å². The number of benzene rings is 1. The van der Waals surface area contributed by atoms with E-state index in [-0.39, 0.29) is 30.9 Å². The second-order valence-electron chi connectivity index (χ2n) is 8.61. The number of amides is 1. The highest BCUT2D eigenvalue weighted by Crippen LogP contribution is 2.27. The number of methoxy groups -OCH3 is 1. The van der Waals surface area contributed by atoms with Crippen LogP contribution in [0.1, 0.15) is 21.7 Å². The molecule has 1 amide bonds. The molecule has 0 saturated heterocycles. The summed E-state index contributed by atoms with van der Waals surface area (Å²) in [6.07, 6.45) is 5.12. The second kappa shape index (κ2) is 9.46. The number of nitrogens with zero attached hydrogens (tertiary/aromatic N) is 7. The Morgan fingerprint density at radius 3 is 2.67 bits per heavy atom. The van der Waals surface area contributed by atoms with Crippen molar-refractivity contribution in [2.75, 3.05) is 19.0 Å². The van der Waals surface area contributed by atoms with Gasteiger partial charge in [0.1, 0.15) is 23.1 Å². The summed E-state index contributed by atoms with van der Waals surface area (Å²) in [6.45, 7) is 2.54. The van der Waals surface area contributed by atoms with Gasteiger partial charge in [-0.3, -0.25) is 9.48 Å². The number of carbonyl (C=O) groups is 1. The minimum absolute atomic E-state index is 0.0229. The zero-order chi connectivity index (χ0) is 25.4. The van der Waals surface area contributed by atoms with Crippen molar-refractivity contribution in [2.45, 2.75) is 26.1 Å². The van der Waals surface area contributed by atoms with Crippen LogP contribution in [0.15, 0.2) is 42.9 Å². The molecule has 1 N–H and O–H groups in total. The lowest BCUT2D eigenvalue weighted by atomic mass is 10.1. The predicted molar refractivity (Wildman–Crippen MR) is 126 cm³/mol. The molecule has 1 atom stereocenters. The normalized spacial score (nSPS) is 15.3. The fraction of sp³-hybridized carbons (Fsp3) is 0.292. The molecule has 1 aromatic carbocycles. The van der Waals surface area contributed by atoms with Gasteiger partial charge in [-0.05, 0) is 30.2 Å².